The molecule has 2 fully saturated rings. The maximum absolute atomic E-state index is 14.2. The van der Waals surface area contributed by atoms with E-state index in [4.69, 9.17) is 4.74 Å². The van der Waals surface area contributed by atoms with Gasteiger partial charge in [0.1, 0.15) is 12.1 Å². The Morgan fingerprint density at radius 3 is 1.71 bits per heavy atom. The van der Waals surface area contributed by atoms with Crippen molar-refractivity contribution in [1.29, 1.82) is 0 Å². The number of likely N-dealkylation sites (tertiary alicyclic amines) is 1. The number of amides is 2. The van der Waals surface area contributed by atoms with Gasteiger partial charge in [0, 0.05) is 11.8 Å². The molecule has 1 heterocycles. The summed E-state index contributed by atoms with van der Waals surface area (Å²) in [6, 6.07) is 15.6. The number of carbonyl (C=O) groups excluding carboxylic acids is 3. The van der Waals surface area contributed by atoms with Crippen molar-refractivity contribution in [1.82, 2.24) is 4.90 Å². The topological polar surface area (TPSA) is 63.7 Å². The smallest absolute Gasteiger partial charge is 0.329 e. The van der Waals surface area contributed by atoms with Gasteiger partial charge in [-0.3, -0.25) is 14.5 Å². The first kappa shape index (κ1) is 25.3. The lowest BCUT2D eigenvalue weighted by Crippen LogP contribution is -2.51. The van der Waals surface area contributed by atoms with Crippen LogP contribution in [0.25, 0.3) is 0 Å². The summed E-state index contributed by atoms with van der Waals surface area (Å²) >= 11 is 0. The van der Waals surface area contributed by atoms with Crippen molar-refractivity contribution in [2.45, 2.75) is 77.9 Å². The first-order valence-corrected chi connectivity index (χ1v) is 14.5. The third-order valence-corrected chi connectivity index (χ3v) is 9.86. The fourth-order valence-electron chi connectivity index (χ4n) is 8.12. The molecule has 7 rings (SSSR count). The Balaban J connectivity index is 1.36. The zero-order chi connectivity index (χ0) is 26.9. The minimum atomic E-state index is -0.906. The lowest BCUT2D eigenvalue weighted by molar-refractivity contribution is -0.169. The highest BCUT2D eigenvalue weighted by Gasteiger charge is 2.63. The summed E-state index contributed by atoms with van der Waals surface area (Å²) in [5.74, 6) is -1.21. The van der Waals surface area contributed by atoms with Crippen molar-refractivity contribution in [2.24, 2.45) is 35.5 Å². The SMILES string of the molecule is CC(C)[C@H]1CC[C@H](C)C[C@H]1OC(=O)[C@H](C(C)C)N1C(=O)[C@@H]2C3c4ccccc4C(c4ccccc43)[C@@H]2C1=O. The molecule has 0 radical (unpaired) electrons. The number of nitrogens with zero attached hydrogens (tertiary/aromatic N) is 1. The second-order valence-corrected chi connectivity index (χ2v) is 12.8. The lowest BCUT2D eigenvalue weighted by Gasteiger charge is -2.45. The summed E-state index contributed by atoms with van der Waals surface area (Å²) in [4.78, 5) is 43.6. The van der Waals surface area contributed by atoms with E-state index in [9.17, 15) is 14.4 Å². The molecule has 2 aromatic carbocycles. The van der Waals surface area contributed by atoms with Gasteiger partial charge in [-0.2, -0.15) is 0 Å². The van der Waals surface area contributed by atoms with Crippen LogP contribution in [0, 0.1) is 35.5 Å². The van der Waals surface area contributed by atoms with Crippen LogP contribution in [0.4, 0.5) is 0 Å². The largest absolute Gasteiger partial charge is 0.461 e. The quantitative estimate of drug-likeness (QED) is 0.368. The molecule has 2 bridgehead atoms. The standard InChI is InChI=1S/C33H39NO4/c1-17(2)20-15-14-19(5)16-25(20)38-33(37)30(18(3)4)34-31(35)28-26-21-10-6-7-11-22(21)27(29(28)32(34)36)24-13-9-8-12-23(24)26/h6-13,17-20,25-30H,14-16H2,1-5H3/t19-,20+,25+,26?,27?,28-,29+,30-/m0/s1. The molecule has 0 spiro atoms. The first-order chi connectivity index (χ1) is 18.2. The molecule has 0 unspecified atom stereocenters. The lowest BCUT2D eigenvalue weighted by atomic mass is 9.55. The van der Waals surface area contributed by atoms with E-state index in [1.54, 1.807) is 0 Å². The molecule has 5 heteroatoms. The molecule has 4 aliphatic carbocycles. The summed E-state index contributed by atoms with van der Waals surface area (Å²) in [6.45, 7) is 10.4. The minimum absolute atomic E-state index is 0.174. The molecule has 5 aliphatic rings. The van der Waals surface area contributed by atoms with Crippen LogP contribution in [0.15, 0.2) is 48.5 Å². The van der Waals surface area contributed by atoms with E-state index in [2.05, 4.69) is 45.0 Å². The van der Waals surface area contributed by atoms with Gasteiger partial charge < -0.3 is 4.74 Å². The van der Waals surface area contributed by atoms with Gasteiger partial charge in [0.15, 0.2) is 0 Å². The van der Waals surface area contributed by atoms with Gasteiger partial charge in [0.05, 0.1) is 11.8 Å². The fourth-order valence-corrected chi connectivity index (χ4v) is 8.12. The van der Waals surface area contributed by atoms with Crippen molar-refractivity contribution in [3.05, 3.63) is 70.8 Å². The van der Waals surface area contributed by atoms with Crippen LogP contribution in [-0.4, -0.2) is 34.8 Å². The van der Waals surface area contributed by atoms with Crippen molar-refractivity contribution >= 4 is 17.8 Å². The highest BCUT2D eigenvalue weighted by atomic mass is 16.5. The molecule has 0 N–H and O–H groups in total. The number of carbonyl (C=O) groups is 3. The van der Waals surface area contributed by atoms with Crippen LogP contribution >= 0.6 is 0 Å². The van der Waals surface area contributed by atoms with E-state index in [-0.39, 0.29) is 35.7 Å². The molecule has 6 atom stereocenters. The van der Waals surface area contributed by atoms with Gasteiger partial charge >= 0.3 is 5.97 Å². The van der Waals surface area contributed by atoms with Crippen LogP contribution in [0.5, 0.6) is 0 Å². The number of benzene rings is 2. The predicted octanol–water partition coefficient (Wildman–Crippen LogP) is 5.91. The van der Waals surface area contributed by atoms with Crippen LogP contribution < -0.4 is 0 Å². The maximum atomic E-state index is 14.2. The Morgan fingerprint density at radius 2 is 1.29 bits per heavy atom. The highest BCUT2D eigenvalue weighted by molar-refractivity contribution is 6.10. The van der Waals surface area contributed by atoms with Gasteiger partial charge in [0.25, 0.3) is 0 Å². The Kier molecular flexibility index (Phi) is 6.24. The van der Waals surface area contributed by atoms with Crippen molar-refractivity contribution in [3.63, 3.8) is 0 Å². The summed E-state index contributed by atoms with van der Waals surface area (Å²) < 4.78 is 6.23. The molecule has 1 aliphatic heterocycles. The third-order valence-electron chi connectivity index (χ3n) is 9.86. The number of esters is 1. The zero-order valence-corrected chi connectivity index (χ0v) is 23.1. The van der Waals surface area contributed by atoms with Crippen LogP contribution in [0.3, 0.4) is 0 Å². The molecule has 2 aromatic rings. The van der Waals surface area contributed by atoms with Gasteiger partial charge in [-0.1, -0.05) is 89.6 Å². The van der Waals surface area contributed by atoms with Gasteiger partial charge in [-0.25, -0.2) is 4.79 Å². The molecule has 5 nitrogen and oxygen atoms in total. The van der Waals surface area contributed by atoms with Gasteiger partial charge in [-0.05, 0) is 58.8 Å². The molecule has 38 heavy (non-hydrogen) atoms. The van der Waals surface area contributed by atoms with E-state index < -0.39 is 23.8 Å². The summed E-state index contributed by atoms with van der Waals surface area (Å²) in [5, 5.41) is 0. The third kappa shape index (κ3) is 3.68. The summed E-state index contributed by atoms with van der Waals surface area (Å²) in [5.41, 5.74) is 4.56. The second kappa shape index (κ2) is 9.36. The van der Waals surface area contributed by atoms with Crippen LogP contribution in [-0.2, 0) is 19.1 Å². The maximum Gasteiger partial charge on any atom is 0.329 e. The van der Waals surface area contributed by atoms with Gasteiger partial charge in [0.2, 0.25) is 11.8 Å². The summed E-state index contributed by atoms with van der Waals surface area (Å²) in [7, 11) is 0. The Bertz CT molecular complexity index is 1170. The Labute approximate surface area is 225 Å². The van der Waals surface area contributed by atoms with Gasteiger partial charge in [-0.15, -0.1) is 0 Å². The number of hydrogen-bond acceptors (Lipinski definition) is 4. The Morgan fingerprint density at radius 1 is 0.816 bits per heavy atom. The molecular formula is C33H39NO4. The van der Waals surface area contributed by atoms with E-state index in [0.717, 1.165) is 41.5 Å². The summed E-state index contributed by atoms with van der Waals surface area (Å²) in [6.07, 6.45) is 2.84. The normalized spacial score (nSPS) is 32.3. The zero-order valence-electron chi connectivity index (χ0n) is 23.1. The van der Waals surface area contributed by atoms with Crippen LogP contribution in [0.2, 0.25) is 0 Å². The first-order valence-electron chi connectivity index (χ1n) is 14.5. The van der Waals surface area contributed by atoms with Crippen molar-refractivity contribution in [2.75, 3.05) is 0 Å². The van der Waals surface area contributed by atoms with E-state index >= 15 is 0 Å². The van der Waals surface area contributed by atoms with E-state index in [1.807, 2.05) is 38.1 Å². The van der Waals surface area contributed by atoms with E-state index in [1.165, 1.54) is 4.90 Å². The number of imide groups is 1. The average molecular weight is 514 g/mol. The molecule has 200 valence electrons. The highest BCUT2D eigenvalue weighted by Crippen LogP contribution is 2.61. The van der Waals surface area contributed by atoms with Crippen molar-refractivity contribution < 1.29 is 19.1 Å². The predicted molar refractivity (Wildman–Crippen MR) is 145 cm³/mol. The molecule has 2 amide bonds. The number of rotatable bonds is 5. The molecule has 1 saturated heterocycles. The Hall–Kier alpha value is -2.95. The molecule has 0 aromatic heterocycles. The second-order valence-electron chi connectivity index (χ2n) is 12.8. The monoisotopic (exact) mass is 513 g/mol. The number of hydrogen-bond donors (Lipinski definition) is 0. The molecular weight excluding hydrogens is 474 g/mol. The fraction of sp³-hybridized carbons (Fsp3) is 0.545. The minimum Gasteiger partial charge on any atom is -0.461 e. The molecule has 1 saturated carbocycles. The van der Waals surface area contributed by atoms with E-state index in [0.29, 0.717) is 17.8 Å². The van der Waals surface area contributed by atoms with Crippen LogP contribution in [0.1, 0.15) is 88.0 Å². The number of ether oxygens (including phenoxy) is 1. The van der Waals surface area contributed by atoms with Crippen molar-refractivity contribution in [3.8, 4) is 0 Å². The average Bonchev–Trinajstić information content (AvgIpc) is 3.14.